The summed E-state index contributed by atoms with van der Waals surface area (Å²) in [6, 6.07) is 6.20. The van der Waals surface area contributed by atoms with E-state index in [0.29, 0.717) is 15.8 Å². The Hall–Kier alpha value is -0.0200. The predicted octanol–water partition coefficient (Wildman–Crippen LogP) is 7.40. The fraction of sp³-hybridized carbons (Fsp3) is 0. The third-order valence-corrected chi connectivity index (χ3v) is 4.23. The maximum atomic E-state index is 6.04. The molecule has 0 amide bonds. The minimum absolute atomic E-state index is 0.116. The quantitative estimate of drug-likeness (QED) is 0.392. The van der Waals surface area contributed by atoms with Gasteiger partial charge in [-0.15, -0.1) is 0 Å². The summed E-state index contributed by atoms with van der Waals surface area (Å²) in [7, 11) is 0. The van der Waals surface area contributed by atoms with Crippen molar-refractivity contribution in [3.05, 3.63) is 54.4 Å². The third kappa shape index (κ3) is 3.36. The molecule has 2 aromatic rings. The molecular formula is C12H4Cl6O. The van der Waals surface area contributed by atoms with Crippen LogP contribution < -0.4 is 4.74 Å². The number of halogens is 6. The SMILES string of the molecule is Clc1ccc(Oc2c(Cl)cc(Cl)c(Cl)c2Cl)c(Cl)c1. The summed E-state index contributed by atoms with van der Waals surface area (Å²) in [4.78, 5) is 0. The average molecular weight is 377 g/mol. The molecule has 0 aliphatic rings. The van der Waals surface area contributed by atoms with Gasteiger partial charge in [0.05, 0.1) is 20.1 Å². The first-order valence-corrected chi connectivity index (χ1v) is 7.13. The summed E-state index contributed by atoms with van der Waals surface area (Å²) in [6.45, 7) is 0. The van der Waals surface area contributed by atoms with E-state index >= 15 is 0 Å². The molecule has 2 aromatic carbocycles. The highest BCUT2D eigenvalue weighted by molar-refractivity contribution is 6.50. The lowest BCUT2D eigenvalue weighted by Gasteiger charge is -2.12. The summed E-state index contributed by atoms with van der Waals surface area (Å²) < 4.78 is 5.56. The van der Waals surface area contributed by atoms with Crippen LogP contribution in [0.1, 0.15) is 0 Å². The van der Waals surface area contributed by atoms with Crippen LogP contribution in [0.4, 0.5) is 0 Å². The average Bonchev–Trinajstić information content (AvgIpc) is 2.34. The second-order valence-corrected chi connectivity index (χ2v) is 5.89. The van der Waals surface area contributed by atoms with Crippen molar-refractivity contribution < 1.29 is 4.74 Å². The Kier molecular flexibility index (Phi) is 4.99. The summed E-state index contributed by atoms with van der Waals surface area (Å²) in [5.41, 5.74) is 0. The van der Waals surface area contributed by atoms with Gasteiger partial charge in [0.25, 0.3) is 0 Å². The highest BCUT2D eigenvalue weighted by Gasteiger charge is 2.17. The number of rotatable bonds is 2. The van der Waals surface area contributed by atoms with Crippen molar-refractivity contribution in [1.29, 1.82) is 0 Å². The molecule has 0 aliphatic carbocycles. The van der Waals surface area contributed by atoms with E-state index in [-0.39, 0.29) is 25.8 Å². The first kappa shape index (κ1) is 15.4. The number of benzene rings is 2. The molecule has 0 unspecified atom stereocenters. The van der Waals surface area contributed by atoms with Crippen molar-refractivity contribution in [3.63, 3.8) is 0 Å². The van der Waals surface area contributed by atoms with Crippen molar-refractivity contribution in [2.75, 3.05) is 0 Å². The number of ether oxygens (including phenoxy) is 1. The molecule has 2 rings (SSSR count). The van der Waals surface area contributed by atoms with Crippen LogP contribution in [-0.2, 0) is 0 Å². The summed E-state index contributed by atoms with van der Waals surface area (Å²) in [5, 5.41) is 1.56. The van der Waals surface area contributed by atoms with Gasteiger partial charge in [0.1, 0.15) is 10.8 Å². The van der Waals surface area contributed by atoms with Crippen molar-refractivity contribution in [2.24, 2.45) is 0 Å². The zero-order valence-corrected chi connectivity index (χ0v) is 13.5. The van der Waals surface area contributed by atoms with E-state index in [4.69, 9.17) is 74.3 Å². The van der Waals surface area contributed by atoms with Crippen LogP contribution in [0.25, 0.3) is 0 Å². The van der Waals surface area contributed by atoms with Crippen LogP contribution >= 0.6 is 69.6 Å². The summed E-state index contributed by atoms with van der Waals surface area (Å²) >= 11 is 35.6. The molecule has 0 spiro atoms. The largest absolute Gasteiger partial charge is 0.453 e. The molecule has 0 N–H and O–H groups in total. The second kappa shape index (κ2) is 6.17. The standard InChI is InChI=1S/C12H4Cl6O/c13-5-1-2-9(6(14)3-5)19-12-8(16)4-7(15)10(17)11(12)18/h1-4H. The Morgan fingerprint density at radius 3 is 2.00 bits per heavy atom. The molecule has 0 heterocycles. The van der Waals surface area contributed by atoms with Gasteiger partial charge in [0.15, 0.2) is 5.75 Å². The molecule has 0 atom stereocenters. The zero-order chi connectivity index (χ0) is 14.2. The fourth-order valence-corrected chi connectivity index (χ4v) is 2.74. The molecule has 100 valence electrons. The van der Waals surface area contributed by atoms with Gasteiger partial charge in [-0.25, -0.2) is 0 Å². The topological polar surface area (TPSA) is 9.23 Å². The molecule has 0 saturated heterocycles. The Morgan fingerprint density at radius 2 is 1.37 bits per heavy atom. The molecule has 0 fully saturated rings. The van der Waals surface area contributed by atoms with Gasteiger partial charge in [-0.05, 0) is 24.3 Å². The third-order valence-electron chi connectivity index (χ3n) is 2.18. The van der Waals surface area contributed by atoms with E-state index in [1.54, 1.807) is 12.1 Å². The molecule has 0 radical (unpaired) electrons. The van der Waals surface area contributed by atoms with E-state index in [2.05, 4.69) is 0 Å². The van der Waals surface area contributed by atoms with Crippen molar-refractivity contribution in [1.82, 2.24) is 0 Å². The van der Waals surface area contributed by atoms with Gasteiger partial charge in [-0.1, -0.05) is 69.6 Å². The van der Waals surface area contributed by atoms with Crippen LogP contribution in [0.3, 0.4) is 0 Å². The summed E-state index contributed by atoms with van der Waals surface area (Å²) in [6.07, 6.45) is 0. The van der Waals surface area contributed by atoms with Crippen LogP contribution in [-0.4, -0.2) is 0 Å². The lowest BCUT2D eigenvalue weighted by Crippen LogP contribution is -1.89. The lowest BCUT2D eigenvalue weighted by atomic mass is 10.3. The van der Waals surface area contributed by atoms with E-state index in [9.17, 15) is 0 Å². The van der Waals surface area contributed by atoms with E-state index in [1.807, 2.05) is 0 Å². The van der Waals surface area contributed by atoms with Crippen molar-refractivity contribution in [2.45, 2.75) is 0 Å². The van der Waals surface area contributed by atoms with Crippen molar-refractivity contribution in [3.8, 4) is 11.5 Å². The van der Waals surface area contributed by atoms with Crippen LogP contribution in [0.5, 0.6) is 11.5 Å². The molecule has 0 bridgehead atoms. The first-order valence-electron chi connectivity index (χ1n) is 4.86. The monoisotopic (exact) mass is 374 g/mol. The highest BCUT2D eigenvalue weighted by Crippen LogP contribution is 2.45. The molecule has 19 heavy (non-hydrogen) atoms. The Morgan fingerprint density at radius 1 is 0.684 bits per heavy atom. The van der Waals surface area contributed by atoms with Crippen LogP contribution in [0.15, 0.2) is 24.3 Å². The minimum atomic E-state index is 0.116. The molecule has 0 aromatic heterocycles. The Bertz CT molecular complexity index is 641. The van der Waals surface area contributed by atoms with E-state index in [1.165, 1.54) is 12.1 Å². The Balaban J connectivity index is 2.47. The van der Waals surface area contributed by atoms with Gasteiger partial charge in [0, 0.05) is 5.02 Å². The number of hydrogen-bond donors (Lipinski definition) is 0. The normalized spacial score (nSPS) is 10.6. The summed E-state index contributed by atoms with van der Waals surface area (Å²) in [5.74, 6) is 0.537. The van der Waals surface area contributed by atoms with Gasteiger partial charge < -0.3 is 4.74 Å². The van der Waals surface area contributed by atoms with Gasteiger partial charge in [0.2, 0.25) is 0 Å². The van der Waals surface area contributed by atoms with Gasteiger partial charge in [-0.2, -0.15) is 0 Å². The van der Waals surface area contributed by atoms with Crippen LogP contribution in [0.2, 0.25) is 30.1 Å². The molecule has 0 saturated carbocycles. The zero-order valence-electron chi connectivity index (χ0n) is 8.99. The van der Waals surface area contributed by atoms with Gasteiger partial charge >= 0.3 is 0 Å². The maximum Gasteiger partial charge on any atom is 0.166 e. The maximum absolute atomic E-state index is 6.04. The van der Waals surface area contributed by atoms with E-state index < -0.39 is 0 Å². The molecule has 7 heteroatoms. The second-order valence-electron chi connectivity index (χ2n) is 3.47. The smallest absolute Gasteiger partial charge is 0.166 e. The Labute approximate surface area is 139 Å². The fourth-order valence-electron chi connectivity index (χ4n) is 1.31. The van der Waals surface area contributed by atoms with Crippen molar-refractivity contribution >= 4 is 69.6 Å². The minimum Gasteiger partial charge on any atom is -0.453 e. The number of hydrogen-bond acceptors (Lipinski definition) is 1. The van der Waals surface area contributed by atoms with Gasteiger partial charge in [-0.3, -0.25) is 0 Å². The molecule has 1 nitrogen and oxygen atoms in total. The van der Waals surface area contributed by atoms with Crippen LogP contribution in [0, 0.1) is 0 Å². The van der Waals surface area contributed by atoms with E-state index in [0.717, 1.165) is 0 Å². The molecular weight excluding hydrogens is 373 g/mol. The molecule has 0 aliphatic heterocycles. The highest BCUT2D eigenvalue weighted by atomic mass is 35.5. The predicted molar refractivity (Wildman–Crippen MR) is 83.0 cm³/mol. The first-order chi connectivity index (χ1) is 8.90. The lowest BCUT2D eigenvalue weighted by molar-refractivity contribution is 0.483.